The molecule has 0 spiro atoms. The van der Waals surface area contributed by atoms with Crippen molar-refractivity contribution in [1.29, 1.82) is 0 Å². The van der Waals surface area contributed by atoms with E-state index in [1.165, 1.54) is 6.92 Å². The summed E-state index contributed by atoms with van der Waals surface area (Å²) in [5.74, 6) is 1.20. The molecule has 2 fully saturated rings. The lowest BCUT2D eigenvalue weighted by Crippen LogP contribution is -2.43. The van der Waals surface area contributed by atoms with Crippen molar-refractivity contribution in [3.63, 3.8) is 0 Å². The molecule has 6 heteroatoms. The lowest BCUT2D eigenvalue weighted by atomic mass is 10.00. The number of nitrogens with zero attached hydrogens (tertiary/aromatic N) is 1. The van der Waals surface area contributed by atoms with E-state index in [4.69, 9.17) is 4.42 Å². The maximum atomic E-state index is 12.5. The van der Waals surface area contributed by atoms with Crippen LogP contribution in [0.4, 0.5) is 5.69 Å². The molecule has 2 aliphatic rings. The predicted molar refractivity (Wildman–Crippen MR) is 94.2 cm³/mol. The number of hydrogen-bond acceptors (Lipinski definition) is 4. The molecule has 0 radical (unpaired) electrons. The molecule has 2 N–H and O–H groups in total. The zero-order valence-electron chi connectivity index (χ0n) is 14.1. The van der Waals surface area contributed by atoms with Crippen LogP contribution in [0, 0.1) is 5.92 Å². The summed E-state index contributed by atoms with van der Waals surface area (Å²) in [6.45, 7) is 4.63. The summed E-state index contributed by atoms with van der Waals surface area (Å²) < 4.78 is 5.74. The first-order chi connectivity index (χ1) is 12.1. The molecular weight excluding hydrogens is 318 g/mol. The van der Waals surface area contributed by atoms with Crippen LogP contribution in [0.5, 0.6) is 0 Å². The largest absolute Gasteiger partial charge is 0.451 e. The number of hydrogen-bond donors (Lipinski definition) is 2. The van der Waals surface area contributed by atoms with Gasteiger partial charge in [0.2, 0.25) is 5.91 Å². The van der Waals surface area contributed by atoms with E-state index in [0.717, 1.165) is 31.6 Å². The average Bonchev–Trinajstić information content (AvgIpc) is 3.31. The monoisotopic (exact) mass is 339 g/mol. The van der Waals surface area contributed by atoms with E-state index in [2.05, 4.69) is 15.5 Å². The fraction of sp³-hybridized carbons (Fsp3) is 0.368. The van der Waals surface area contributed by atoms with Crippen molar-refractivity contribution in [2.45, 2.75) is 19.4 Å². The van der Waals surface area contributed by atoms with E-state index >= 15 is 0 Å². The van der Waals surface area contributed by atoms with Gasteiger partial charge in [0.15, 0.2) is 5.76 Å². The standard InChI is InChI=1S/C19H21N3O3/c1-12(23)20-15-4-2-3-13(9-15)17-5-6-18(25-17)19(24)21-16-11-22-8-7-14(16)10-22/h2-6,9,14,16H,7-8,10-11H2,1H3,(H,20,23)(H,21,24)/t14-,16?/m0/s1. The number of piperidine rings is 1. The zero-order valence-corrected chi connectivity index (χ0v) is 14.1. The molecule has 2 aromatic rings. The second kappa shape index (κ2) is 6.37. The van der Waals surface area contributed by atoms with Gasteiger partial charge in [0.05, 0.1) is 0 Å². The summed E-state index contributed by atoms with van der Waals surface area (Å²) >= 11 is 0. The van der Waals surface area contributed by atoms with E-state index in [9.17, 15) is 9.59 Å². The third kappa shape index (κ3) is 3.30. The second-order valence-corrected chi connectivity index (χ2v) is 6.81. The Morgan fingerprint density at radius 1 is 1.20 bits per heavy atom. The van der Waals surface area contributed by atoms with Gasteiger partial charge in [-0.2, -0.15) is 0 Å². The molecule has 6 nitrogen and oxygen atoms in total. The molecule has 2 aliphatic heterocycles. The maximum absolute atomic E-state index is 12.5. The molecule has 3 atom stereocenters. The van der Waals surface area contributed by atoms with Crippen molar-refractivity contribution in [3.8, 4) is 11.3 Å². The van der Waals surface area contributed by atoms with Gasteiger partial charge >= 0.3 is 0 Å². The molecule has 1 aromatic carbocycles. The summed E-state index contributed by atoms with van der Waals surface area (Å²) in [4.78, 5) is 26.0. The van der Waals surface area contributed by atoms with Gasteiger partial charge in [-0.05, 0) is 43.1 Å². The highest BCUT2D eigenvalue weighted by atomic mass is 16.3. The third-order valence-corrected chi connectivity index (χ3v) is 4.95. The van der Waals surface area contributed by atoms with Crippen LogP contribution in [0.25, 0.3) is 11.3 Å². The van der Waals surface area contributed by atoms with Crippen molar-refractivity contribution >= 4 is 17.5 Å². The van der Waals surface area contributed by atoms with Crippen LogP contribution in [0.15, 0.2) is 40.8 Å². The molecule has 130 valence electrons. The molecular formula is C19H21N3O3. The topological polar surface area (TPSA) is 74.6 Å². The van der Waals surface area contributed by atoms with Crippen LogP contribution in [0.2, 0.25) is 0 Å². The van der Waals surface area contributed by atoms with Gasteiger partial charge in [-0.1, -0.05) is 12.1 Å². The molecule has 0 aliphatic carbocycles. The number of benzene rings is 1. The molecule has 2 amide bonds. The fourth-order valence-corrected chi connectivity index (χ4v) is 3.76. The van der Waals surface area contributed by atoms with Crippen molar-refractivity contribution in [2.75, 3.05) is 25.0 Å². The highest BCUT2D eigenvalue weighted by molar-refractivity contribution is 5.92. The van der Waals surface area contributed by atoms with Crippen LogP contribution in [0.3, 0.4) is 0 Å². The summed E-state index contributed by atoms with van der Waals surface area (Å²) in [5.41, 5.74) is 1.51. The Morgan fingerprint density at radius 2 is 2.08 bits per heavy atom. The average molecular weight is 339 g/mol. The minimum Gasteiger partial charge on any atom is -0.451 e. The smallest absolute Gasteiger partial charge is 0.287 e. The second-order valence-electron chi connectivity index (χ2n) is 6.81. The van der Waals surface area contributed by atoms with E-state index in [-0.39, 0.29) is 17.9 Å². The van der Waals surface area contributed by atoms with Gasteiger partial charge in [-0.3, -0.25) is 9.59 Å². The number of fused-ring (bicyclic) bond motifs is 2. The summed E-state index contributed by atoms with van der Waals surface area (Å²) in [7, 11) is 0. The van der Waals surface area contributed by atoms with Gasteiger partial charge in [-0.25, -0.2) is 0 Å². The van der Waals surface area contributed by atoms with E-state index in [1.54, 1.807) is 12.1 Å². The highest BCUT2D eigenvalue weighted by Crippen LogP contribution is 2.29. The SMILES string of the molecule is CC(=O)Nc1cccc(-c2ccc(C(=O)NC3CN4CC[C@H]3C4)o2)c1. The molecule has 1 aromatic heterocycles. The Hall–Kier alpha value is -2.60. The Labute approximate surface area is 146 Å². The molecule has 2 bridgehead atoms. The van der Waals surface area contributed by atoms with E-state index < -0.39 is 0 Å². The first-order valence-electron chi connectivity index (χ1n) is 8.59. The number of furan rings is 1. The lowest BCUT2D eigenvalue weighted by Gasteiger charge is -2.22. The quantitative estimate of drug-likeness (QED) is 0.897. The van der Waals surface area contributed by atoms with Gasteiger partial charge < -0.3 is 20.0 Å². The van der Waals surface area contributed by atoms with E-state index in [1.807, 2.05) is 24.3 Å². The number of nitrogens with one attached hydrogen (secondary N) is 2. The summed E-state index contributed by atoms with van der Waals surface area (Å²) in [5, 5.41) is 5.84. The summed E-state index contributed by atoms with van der Waals surface area (Å²) in [6.07, 6.45) is 1.16. The van der Waals surface area contributed by atoms with Crippen molar-refractivity contribution < 1.29 is 14.0 Å². The zero-order chi connectivity index (χ0) is 17.4. The fourth-order valence-electron chi connectivity index (χ4n) is 3.76. The van der Waals surface area contributed by atoms with Gasteiger partial charge in [0.1, 0.15) is 5.76 Å². The van der Waals surface area contributed by atoms with Gasteiger partial charge in [0, 0.05) is 37.3 Å². The van der Waals surface area contributed by atoms with Crippen LogP contribution >= 0.6 is 0 Å². The Bertz CT molecular complexity index is 814. The Morgan fingerprint density at radius 3 is 2.80 bits per heavy atom. The van der Waals surface area contributed by atoms with Crippen molar-refractivity contribution in [1.82, 2.24) is 10.2 Å². The number of carbonyl (C=O) groups excluding carboxylic acids is 2. The van der Waals surface area contributed by atoms with Gasteiger partial charge in [0.25, 0.3) is 5.91 Å². The van der Waals surface area contributed by atoms with Crippen LogP contribution in [-0.4, -0.2) is 42.4 Å². The van der Waals surface area contributed by atoms with Crippen LogP contribution in [0.1, 0.15) is 23.9 Å². The van der Waals surface area contributed by atoms with Crippen molar-refractivity contribution in [2.24, 2.45) is 5.92 Å². The van der Waals surface area contributed by atoms with Crippen LogP contribution in [-0.2, 0) is 4.79 Å². The minimum absolute atomic E-state index is 0.127. The number of carbonyl (C=O) groups is 2. The lowest BCUT2D eigenvalue weighted by molar-refractivity contribution is -0.114. The number of rotatable bonds is 4. The van der Waals surface area contributed by atoms with E-state index in [0.29, 0.717) is 23.1 Å². The first-order valence-corrected chi connectivity index (χ1v) is 8.59. The molecule has 25 heavy (non-hydrogen) atoms. The molecule has 0 saturated carbocycles. The number of amides is 2. The predicted octanol–water partition coefficient (Wildman–Crippen LogP) is 2.34. The normalized spacial score (nSPS) is 24.3. The van der Waals surface area contributed by atoms with Gasteiger partial charge in [-0.15, -0.1) is 0 Å². The molecule has 2 unspecified atom stereocenters. The Balaban J connectivity index is 1.46. The molecule has 4 rings (SSSR count). The van der Waals surface area contributed by atoms with Crippen LogP contribution < -0.4 is 10.6 Å². The van der Waals surface area contributed by atoms with Crippen molar-refractivity contribution in [3.05, 3.63) is 42.2 Å². The molecule has 2 saturated heterocycles. The summed E-state index contributed by atoms with van der Waals surface area (Å²) in [6, 6.07) is 11.1. The number of anilines is 1. The Kier molecular flexibility index (Phi) is 4.05. The third-order valence-electron chi connectivity index (χ3n) is 4.95. The molecule has 3 heterocycles. The highest BCUT2D eigenvalue weighted by Gasteiger charge is 2.38. The minimum atomic E-state index is -0.164. The first kappa shape index (κ1) is 15.9. The maximum Gasteiger partial charge on any atom is 0.287 e.